The number of nitro benzene ring substituents is 2. The second kappa shape index (κ2) is 4.90. The Balaban J connectivity index is 2.18. The maximum absolute atomic E-state index is 11.1. The van der Waals surface area contributed by atoms with Gasteiger partial charge in [0.1, 0.15) is 5.69 Å². The molecule has 3 rings (SSSR count). The number of nitrogens with one attached hydrogen (secondary N) is 1. The highest BCUT2D eigenvalue weighted by Crippen LogP contribution is 2.49. The van der Waals surface area contributed by atoms with Crippen molar-refractivity contribution in [3.8, 4) is 0 Å². The van der Waals surface area contributed by atoms with Crippen molar-refractivity contribution in [2.24, 2.45) is 0 Å². The smallest absolute Gasteiger partial charge is 0.300 e. The first-order valence-electron chi connectivity index (χ1n) is 5.67. The fraction of sp³-hybridized carbons (Fsp3) is 0. The van der Waals surface area contributed by atoms with Crippen LogP contribution in [0, 0.1) is 20.2 Å². The molecule has 1 aliphatic rings. The number of rotatable bonds is 2. The summed E-state index contributed by atoms with van der Waals surface area (Å²) in [7, 11) is 0. The molecule has 0 unspecified atom stereocenters. The van der Waals surface area contributed by atoms with Crippen LogP contribution in [-0.4, -0.2) is 9.85 Å². The Morgan fingerprint density at radius 1 is 1.05 bits per heavy atom. The standard InChI is InChI=1S/C12H6ClN3O4S/c13-6-1-2-8-10(3-6)21-11-5-7(15(17)18)4-9(16(19)20)12(11)14-8/h1-5,14H. The molecule has 0 radical (unpaired) electrons. The van der Waals surface area contributed by atoms with Crippen LogP contribution in [0.2, 0.25) is 5.02 Å². The van der Waals surface area contributed by atoms with E-state index < -0.39 is 9.85 Å². The highest BCUT2D eigenvalue weighted by Gasteiger charge is 2.28. The maximum Gasteiger partial charge on any atom is 0.300 e. The van der Waals surface area contributed by atoms with Gasteiger partial charge in [0, 0.05) is 20.9 Å². The summed E-state index contributed by atoms with van der Waals surface area (Å²) in [5, 5.41) is 25.5. The van der Waals surface area contributed by atoms with Gasteiger partial charge in [-0.25, -0.2) is 0 Å². The Morgan fingerprint density at radius 2 is 1.81 bits per heavy atom. The summed E-state index contributed by atoms with van der Waals surface area (Å²) in [6.45, 7) is 0. The lowest BCUT2D eigenvalue weighted by Crippen LogP contribution is -2.04. The van der Waals surface area contributed by atoms with Gasteiger partial charge in [-0.3, -0.25) is 20.2 Å². The second-order valence-corrected chi connectivity index (χ2v) is 5.74. The predicted octanol–water partition coefficient (Wildman–Crippen LogP) is 4.36. The minimum Gasteiger partial charge on any atom is -0.348 e. The third-order valence-corrected chi connectivity index (χ3v) is 4.23. The molecular weight excluding hydrogens is 318 g/mol. The van der Waals surface area contributed by atoms with Crippen LogP contribution >= 0.6 is 23.4 Å². The molecule has 9 heteroatoms. The topological polar surface area (TPSA) is 98.3 Å². The van der Waals surface area contributed by atoms with E-state index in [0.717, 1.165) is 11.0 Å². The summed E-state index contributed by atoms with van der Waals surface area (Å²) >= 11 is 7.11. The number of fused-ring (bicyclic) bond motifs is 2. The Labute approximate surface area is 127 Å². The summed E-state index contributed by atoms with van der Waals surface area (Å²) in [4.78, 5) is 21.9. The fourth-order valence-electron chi connectivity index (χ4n) is 1.98. The monoisotopic (exact) mass is 323 g/mol. The molecule has 1 N–H and O–H groups in total. The number of benzene rings is 2. The molecule has 0 bridgehead atoms. The van der Waals surface area contributed by atoms with Crippen molar-refractivity contribution < 1.29 is 9.85 Å². The highest BCUT2D eigenvalue weighted by molar-refractivity contribution is 7.99. The van der Waals surface area contributed by atoms with Crippen LogP contribution < -0.4 is 5.32 Å². The first-order chi connectivity index (χ1) is 9.95. The number of hydrogen-bond donors (Lipinski definition) is 1. The molecule has 2 aromatic rings. The minimum absolute atomic E-state index is 0.255. The van der Waals surface area contributed by atoms with Crippen molar-refractivity contribution in [1.82, 2.24) is 0 Å². The van der Waals surface area contributed by atoms with Crippen molar-refractivity contribution >= 4 is 46.1 Å². The lowest BCUT2D eigenvalue weighted by atomic mass is 10.2. The Hall–Kier alpha value is -2.32. The molecule has 7 nitrogen and oxygen atoms in total. The van der Waals surface area contributed by atoms with E-state index in [1.165, 1.54) is 17.8 Å². The zero-order chi connectivity index (χ0) is 15.1. The summed E-state index contributed by atoms with van der Waals surface area (Å²) < 4.78 is 0. The number of nitro groups is 2. The molecule has 0 aliphatic carbocycles. The van der Waals surface area contributed by atoms with Crippen LogP contribution in [0.3, 0.4) is 0 Å². The van der Waals surface area contributed by atoms with Crippen LogP contribution in [0.5, 0.6) is 0 Å². The van der Waals surface area contributed by atoms with Crippen LogP contribution in [0.25, 0.3) is 0 Å². The Morgan fingerprint density at radius 3 is 2.48 bits per heavy atom. The normalized spacial score (nSPS) is 12.0. The summed E-state index contributed by atoms with van der Waals surface area (Å²) in [5.41, 5.74) is 0.284. The Kier molecular flexibility index (Phi) is 3.19. The zero-order valence-corrected chi connectivity index (χ0v) is 11.8. The molecule has 0 saturated heterocycles. The molecule has 1 aliphatic heterocycles. The van der Waals surface area contributed by atoms with Crippen molar-refractivity contribution in [3.63, 3.8) is 0 Å². The van der Waals surface area contributed by atoms with Gasteiger partial charge in [-0.15, -0.1) is 0 Å². The van der Waals surface area contributed by atoms with E-state index >= 15 is 0 Å². The van der Waals surface area contributed by atoms with E-state index in [2.05, 4.69) is 5.32 Å². The van der Waals surface area contributed by atoms with Crippen LogP contribution in [0.15, 0.2) is 40.1 Å². The molecule has 0 amide bonds. The van der Waals surface area contributed by atoms with Gasteiger partial charge >= 0.3 is 5.69 Å². The number of anilines is 2. The summed E-state index contributed by atoms with van der Waals surface area (Å²) in [5.74, 6) is 0. The molecule has 2 aromatic carbocycles. The van der Waals surface area contributed by atoms with Gasteiger partial charge in [0.15, 0.2) is 0 Å². The molecule has 0 aromatic heterocycles. The van der Waals surface area contributed by atoms with E-state index in [1.807, 2.05) is 0 Å². The molecule has 0 spiro atoms. The molecule has 0 saturated carbocycles. The number of hydrogen-bond acceptors (Lipinski definition) is 6. The lowest BCUT2D eigenvalue weighted by Gasteiger charge is -2.20. The summed E-state index contributed by atoms with van der Waals surface area (Å²) in [6.07, 6.45) is 0. The first kappa shape index (κ1) is 13.7. The minimum atomic E-state index is -0.651. The first-order valence-corrected chi connectivity index (χ1v) is 6.86. The van der Waals surface area contributed by atoms with Crippen molar-refractivity contribution in [1.29, 1.82) is 0 Å². The maximum atomic E-state index is 11.1. The number of halogens is 1. The van der Waals surface area contributed by atoms with E-state index in [4.69, 9.17) is 11.6 Å². The van der Waals surface area contributed by atoms with Crippen molar-refractivity contribution in [2.75, 3.05) is 5.32 Å². The fourth-order valence-corrected chi connectivity index (χ4v) is 3.31. The highest BCUT2D eigenvalue weighted by atomic mass is 35.5. The van der Waals surface area contributed by atoms with E-state index in [-0.39, 0.29) is 17.1 Å². The average Bonchev–Trinajstić information content (AvgIpc) is 2.43. The van der Waals surface area contributed by atoms with Gasteiger partial charge in [-0.1, -0.05) is 23.4 Å². The van der Waals surface area contributed by atoms with E-state index in [9.17, 15) is 20.2 Å². The van der Waals surface area contributed by atoms with Gasteiger partial charge < -0.3 is 5.32 Å². The number of non-ortho nitro benzene ring substituents is 1. The summed E-state index contributed by atoms with van der Waals surface area (Å²) in [6, 6.07) is 7.33. The molecular formula is C12H6ClN3O4S. The predicted molar refractivity (Wildman–Crippen MR) is 78.6 cm³/mol. The number of nitrogens with zero attached hydrogens (tertiary/aromatic N) is 2. The average molecular weight is 324 g/mol. The van der Waals surface area contributed by atoms with Crippen LogP contribution in [-0.2, 0) is 0 Å². The van der Waals surface area contributed by atoms with Crippen LogP contribution in [0.4, 0.5) is 22.7 Å². The zero-order valence-electron chi connectivity index (χ0n) is 10.2. The SMILES string of the molecule is O=[N+]([O-])c1cc2c(c([N+](=O)[O-])c1)Nc1ccc(Cl)cc1S2. The molecule has 21 heavy (non-hydrogen) atoms. The van der Waals surface area contributed by atoms with Gasteiger partial charge in [-0.2, -0.15) is 0 Å². The third kappa shape index (κ3) is 2.39. The van der Waals surface area contributed by atoms with E-state index in [0.29, 0.717) is 15.6 Å². The molecule has 0 atom stereocenters. The van der Waals surface area contributed by atoms with Gasteiger partial charge in [0.2, 0.25) is 0 Å². The van der Waals surface area contributed by atoms with Crippen LogP contribution in [0.1, 0.15) is 0 Å². The van der Waals surface area contributed by atoms with E-state index in [1.54, 1.807) is 18.2 Å². The molecule has 0 fully saturated rings. The van der Waals surface area contributed by atoms with Gasteiger partial charge in [0.25, 0.3) is 5.69 Å². The van der Waals surface area contributed by atoms with Gasteiger partial charge in [0.05, 0.1) is 21.6 Å². The van der Waals surface area contributed by atoms with Gasteiger partial charge in [-0.05, 0) is 18.2 Å². The lowest BCUT2D eigenvalue weighted by molar-refractivity contribution is -0.393. The molecule has 1 heterocycles. The van der Waals surface area contributed by atoms with Crippen molar-refractivity contribution in [2.45, 2.75) is 9.79 Å². The Bertz CT molecular complexity index is 796. The quantitative estimate of drug-likeness (QED) is 0.555. The molecule has 106 valence electrons. The second-order valence-electron chi connectivity index (χ2n) is 4.22. The van der Waals surface area contributed by atoms with Crippen molar-refractivity contribution in [3.05, 3.63) is 55.6 Å². The largest absolute Gasteiger partial charge is 0.348 e. The third-order valence-electron chi connectivity index (χ3n) is 2.90.